The maximum absolute atomic E-state index is 11.7. The lowest BCUT2D eigenvalue weighted by Gasteiger charge is -2.20. The molecule has 0 unspecified atom stereocenters. The molecule has 5 heteroatoms. The number of carbonyl (C=O) groups is 1. The Hall–Kier alpha value is -3.44. The summed E-state index contributed by atoms with van der Waals surface area (Å²) in [6.07, 6.45) is 5.11. The van der Waals surface area contributed by atoms with Gasteiger partial charge in [-0.1, -0.05) is 67.2 Å². The summed E-state index contributed by atoms with van der Waals surface area (Å²) in [5.41, 5.74) is 3.49. The van der Waals surface area contributed by atoms with E-state index in [1.807, 2.05) is 23.7 Å². The van der Waals surface area contributed by atoms with Gasteiger partial charge in [0.05, 0.1) is 11.9 Å². The van der Waals surface area contributed by atoms with E-state index < -0.39 is 5.78 Å². The second-order valence-electron chi connectivity index (χ2n) is 7.05. The summed E-state index contributed by atoms with van der Waals surface area (Å²) in [7, 11) is 1.88. The van der Waals surface area contributed by atoms with Crippen molar-refractivity contribution in [3.05, 3.63) is 108 Å². The van der Waals surface area contributed by atoms with Crippen molar-refractivity contribution in [1.82, 2.24) is 14.9 Å². The fourth-order valence-electron chi connectivity index (χ4n) is 3.58. The Morgan fingerprint density at radius 1 is 1.13 bits per heavy atom. The summed E-state index contributed by atoms with van der Waals surface area (Å²) in [6.45, 7) is 4.74. The Labute approximate surface area is 177 Å². The molecule has 0 aliphatic carbocycles. The quantitative estimate of drug-likeness (QED) is 0.388. The van der Waals surface area contributed by atoms with E-state index in [0.29, 0.717) is 18.9 Å². The first-order valence-corrected chi connectivity index (χ1v) is 10.00. The van der Waals surface area contributed by atoms with Crippen LogP contribution in [0.15, 0.2) is 85.3 Å². The molecule has 0 fully saturated rings. The van der Waals surface area contributed by atoms with Crippen molar-refractivity contribution in [2.75, 3.05) is 7.05 Å². The number of allylic oxidation sites excluding steroid dienone is 1. The summed E-state index contributed by atoms with van der Waals surface area (Å²) in [5, 5.41) is 13.2. The van der Waals surface area contributed by atoms with Crippen LogP contribution in [0.1, 0.15) is 35.0 Å². The second kappa shape index (κ2) is 10.4. The van der Waals surface area contributed by atoms with Gasteiger partial charge < -0.3 is 15.0 Å². The highest BCUT2D eigenvalue weighted by atomic mass is 16.3. The molecular weight excluding hydrogens is 374 g/mol. The molecule has 0 saturated carbocycles. The highest BCUT2D eigenvalue weighted by molar-refractivity contribution is 6.04. The first kappa shape index (κ1) is 21.3. The van der Waals surface area contributed by atoms with Gasteiger partial charge in [-0.05, 0) is 30.7 Å². The predicted molar refractivity (Wildman–Crippen MR) is 120 cm³/mol. The van der Waals surface area contributed by atoms with Crippen LogP contribution in [0, 0.1) is 0 Å². The summed E-state index contributed by atoms with van der Waals surface area (Å²) in [6, 6.07) is 20.9. The summed E-state index contributed by atoms with van der Waals surface area (Å²) < 4.78 is 2.04. The molecule has 1 heterocycles. The average Bonchev–Trinajstić information content (AvgIpc) is 3.16. The number of benzene rings is 2. The SMILES string of the molecule is C=CC(=O)/C(O)=C/c1ncc(CNC)n1CCC(c1ccccc1)c1ccccc1. The van der Waals surface area contributed by atoms with Gasteiger partial charge in [-0.15, -0.1) is 0 Å². The molecule has 0 bridgehead atoms. The molecule has 1 aromatic heterocycles. The van der Waals surface area contributed by atoms with Crippen LogP contribution in [0.4, 0.5) is 0 Å². The average molecular weight is 402 g/mol. The van der Waals surface area contributed by atoms with E-state index in [9.17, 15) is 9.90 Å². The molecule has 0 aliphatic rings. The van der Waals surface area contributed by atoms with Crippen molar-refractivity contribution < 1.29 is 9.90 Å². The summed E-state index contributed by atoms with van der Waals surface area (Å²) in [4.78, 5) is 16.1. The molecule has 154 valence electrons. The van der Waals surface area contributed by atoms with Crippen molar-refractivity contribution in [3.63, 3.8) is 0 Å². The van der Waals surface area contributed by atoms with Crippen molar-refractivity contribution >= 4 is 11.9 Å². The van der Waals surface area contributed by atoms with Crippen LogP contribution < -0.4 is 5.32 Å². The Bertz CT molecular complexity index is 968. The summed E-state index contributed by atoms with van der Waals surface area (Å²) >= 11 is 0. The third-order valence-corrected chi connectivity index (χ3v) is 5.08. The second-order valence-corrected chi connectivity index (χ2v) is 7.05. The van der Waals surface area contributed by atoms with E-state index in [-0.39, 0.29) is 11.7 Å². The van der Waals surface area contributed by atoms with Gasteiger partial charge in [0, 0.05) is 25.1 Å². The van der Waals surface area contributed by atoms with E-state index >= 15 is 0 Å². The molecule has 0 radical (unpaired) electrons. The fraction of sp³-hybridized carbons (Fsp3) is 0.200. The number of rotatable bonds is 10. The fourth-order valence-corrected chi connectivity index (χ4v) is 3.58. The number of carbonyl (C=O) groups excluding carboxylic acids is 1. The van der Waals surface area contributed by atoms with E-state index in [4.69, 9.17) is 0 Å². The number of imidazole rings is 1. The van der Waals surface area contributed by atoms with Gasteiger partial charge in [-0.3, -0.25) is 4.79 Å². The van der Waals surface area contributed by atoms with Crippen molar-refractivity contribution in [1.29, 1.82) is 0 Å². The molecule has 3 rings (SSSR count). The van der Waals surface area contributed by atoms with Crippen LogP contribution in [-0.2, 0) is 17.9 Å². The highest BCUT2D eigenvalue weighted by Crippen LogP contribution is 2.29. The predicted octanol–water partition coefficient (Wildman–Crippen LogP) is 4.48. The van der Waals surface area contributed by atoms with Crippen molar-refractivity contribution in [2.45, 2.75) is 25.4 Å². The Kier molecular flexibility index (Phi) is 7.35. The topological polar surface area (TPSA) is 67.2 Å². The minimum atomic E-state index is -0.522. The van der Waals surface area contributed by atoms with E-state index in [1.54, 1.807) is 6.20 Å². The lowest BCUT2D eigenvalue weighted by atomic mass is 9.88. The Morgan fingerprint density at radius 3 is 2.27 bits per heavy atom. The number of hydrogen-bond donors (Lipinski definition) is 2. The van der Waals surface area contributed by atoms with E-state index in [2.05, 4.69) is 65.4 Å². The molecule has 5 nitrogen and oxygen atoms in total. The number of ketones is 1. The maximum Gasteiger partial charge on any atom is 0.219 e. The van der Waals surface area contributed by atoms with Gasteiger partial charge in [0.25, 0.3) is 0 Å². The van der Waals surface area contributed by atoms with Crippen LogP contribution in [0.25, 0.3) is 6.08 Å². The first-order chi connectivity index (χ1) is 14.6. The largest absolute Gasteiger partial charge is 0.504 e. The standard InChI is InChI=1S/C25H27N3O2/c1-3-23(29)24(30)16-25-27-18-21(17-26-2)28(25)15-14-22(19-10-6-4-7-11-19)20-12-8-5-9-13-20/h3-13,16,18,22,26,30H,1,14-15,17H2,2H3/b24-16-. The maximum atomic E-state index is 11.7. The van der Waals surface area contributed by atoms with Gasteiger partial charge in [0.1, 0.15) is 5.82 Å². The lowest BCUT2D eigenvalue weighted by Crippen LogP contribution is -2.15. The van der Waals surface area contributed by atoms with Gasteiger partial charge >= 0.3 is 0 Å². The third kappa shape index (κ3) is 5.13. The van der Waals surface area contributed by atoms with Gasteiger partial charge in [-0.25, -0.2) is 4.98 Å². The zero-order valence-electron chi connectivity index (χ0n) is 17.2. The van der Waals surface area contributed by atoms with Crippen LogP contribution >= 0.6 is 0 Å². The minimum Gasteiger partial charge on any atom is -0.504 e. The number of hydrogen-bond acceptors (Lipinski definition) is 4. The third-order valence-electron chi connectivity index (χ3n) is 5.08. The summed E-state index contributed by atoms with van der Waals surface area (Å²) in [5.74, 6) is -0.119. The molecule has 3 aromatic rings. The number of aromatic nitrogens is 2. The minimum absolute atomic E-state index is 0.220. The Balaban J connectivity index is 1.92. The molecular formula is C25H27N3O2. The molecule has 0 atom stereocenters. The molecule has 30 heavy (non-hydrogen) atoms. The van der Waals surface area contributed by atoms with Crippen molar-refractivity contribution in [2.24, 2.45) is 0 Å². The van der Waals surface area contributed by atoms with E-state index in [0.717, 1.165) is 18.2 Å². The number of nitrogens with zero attached hydrogens (tertiary/aromatic N) is 2. The van der Waals surface area contributed by atoms with Crippen LogP contribution in [0.3, 0.4) is 0 Å². The van der Waals surface area contributed by atoms with Gasteiger partial charge in [0.15, 0.2) is 5.76 Å². The zero-order chi connectivity index (χ0) is 21.3. The molecule has 0 amide bonds. The monoisotopic (exact) mass is 401 g/mol. The molecule has 2 N–H and O–H groups in total. The van der Waals surface area contributed by atoms with Gasteiger partial charge in [0.2, 0.25) is 5.78 Å². The molecule has 2 aromatic carbocycles. The molecule has 0 aliphatic heterocycles. The normalized spacial score (nSPS) is 11.6. The molecule has 0 saturated heterocycles. The van der Waals surface area contributed by atoms with Crippen LogP contribution in [-0.4, -0.2) is 27.5 Å². The smallest absolute Gasteiger partial charge is 0.219 e. The van der Waals surface area contributed by atoms with E-state index in [1.165, 1.54) is 17.2 Å². The highest BCUT2D eigenvalue weighted by Gasteiger charge is 2.17. The number of aliphatic hydroxyl groups excluding tert-OH is 1. The zero-order valence-corrected chi connectivity index (χ0v) is 17.2. The first-order valence-electron chi connectivity index (χ1n) is 10.00. The Morgan fingerprint density at radius 2 is 1.73 bits per heavy atom. The van der Waals surface area contributed by atoms with Gasteiger partial charge in [-0.2, -0.15) is 0 Å². The number of aliphatic hydroxyl groups is 1. The van der Waals surface area contributed by atoms with Crippen LogP contribution in [0.2, 0.25) is 0 Å². The number of nitrogens with one attached hydrogen (secondary N) is 1. The van der Waals surface area contributed by atoms with Crippen LogP contribution in [0.5, 0.6) is 0 Å². The lowest BCUT2D eigenvalue weighted by molar-refractivity contribution is -0.113. The molecule has 0 spiro atoms. The van der Waals surface area contributed by atoms with Crippen molar-refractivity contribution in [3.8, 4) is 0 Å².